The monoisotopic (exact) mass is 206 g/mol. The Kier molecular flexibility index (Phi) is 3.65. The summed E-state index contributed by atoms with van der Waals surface area (Å²) in [7, 11) is 0. The minimum atomic E-state index is -0.602. The summed E-state index contributed by atoms with van der Waals surface area (Å²) in [6, 6.07) is 6.13. The average Bonchev–Trinajstić information content (AvgIpc) is 2.21. The molecule has 0 amide bonds. The second-order valence-electron chi connectivity index (χ2n) is 3.19. The summed E-state index contributed by atoms with van der Waals surface area (Å²) in [5, 5.41) is 13.8. The summed E-state index contributed by atoms with van der Waals surface area (Å²) in [5.74, 6) is 0. The van der Waals surface area contributed by atoms with Gasteiger partial charge in [0.25, 0.3) is 0 Å². The average molecular weight is 206 g/mol. The molecular formula is C9H10N4O2. The van der Waals surface area contributed by atoms with Crippen LogP contribution >= 0.6 is 0 Å². The molecule has 0 fully saturated rings. The van der Waals surface area contributed by atoms with Crippen LogP contribution in [0.25, 0.3) is 10.4 Å². The van der Waals surface area contributed by atoms with Gasteiger partial charge in [-0.25, -0.2) is 0 Å². The maximum absolute atomic E-state index is 10.4. The molecule has 0 N–H and O–H groups in total. The Morgan fingerprint density at radius 2 is 2.13 bits per heavy atom. The van der Waals surface area contributed by atoms with Crippen molar-refractivity contribution in [2.24, 2.45) is 5.11 Å². The van der Waals surface area contributed by atoms with Crippen molar-refractivity contribution in [3.8, 4) is 0 Å². The van der Waals surface area contributed by atoms with E-state index in [1.165, 1.54) is 0 Å². The van der Waals surface area contributed by atoms with E-state index in [9.17, 15) is 10.1 Å². The predicted molar refractivity (Wildman–Crippen MR) is 55.4 cm³/mol. The van der Waals surface area contributed by atoms with Crippen molar-refractivity contribution in [2.75, 3.05) is 0 Å². The Morgan fingerprint density at radius 1 is 1.53 bits per heavy atom. The van der Waals surface area contributed by atoms with Gasteiger partial charge < -0.3 is 0 Å². The van der Waals surface area contributed by atoms with Crippen molar-refractivity contribution in [3.05, 3.63) is 50.4 Å². The van der Waals surface area contributed by atoms with Crippen LogP contribution in [0.15, 0.2) is 29.4 Å². The molecule has 0 heterocycles. The Labute approximate surface area is 86.3 Å². The molecule has 0 radical (unpaired) electrons. The van der Waals surface area contributed by atoms with E-state index in [2.05, 4.69) is 10.0 Å². The van der Waals surface area contributed by atoms with Crippen LogP contribution in [0, 0.1) is 10.1 Å². The molecule has 0 aliphatic carbocycles. The van der Waals surface area contributed by atoms with Gasteiger partial charge in [-0.15, -0.1) is 0 Å². The zero-order valence-corrected chi connectivity index (χ0v) is 8.20. The normalized spacial score (nSPS) is 11.5. The largest absolute Gasteiger partial charge is 0.264 e. The highest BCUT2D eigenvalue weighted by molar-refractivity contribution is 5.38. The fourth-order valence-corrected chi connectivity index (χ4v) is 1.17. The van der Waals surface area contributed by atoms with Gasteiger partial charge in [0.1, 0.15) is 0 Å². The Bertz CT molecular complexity index is 395. The first-order chi connectivity index (χ1) is 7.13. The standard InChI is InChI=1S/C9H10N4O2/c1-7(13(14)15)6-8-2-4-9(5-3-8)11-12-10/h2-5,7H,6H2,1H3. The molecule has 0 aliphatic heterocycles. The lowest BCUT2D eigenvalue weighted by Gasteiger charge is -2.03. The molecule has 0 aromatic heterocycles. The third-order valence-corrected chi connectivity index (χ3v) is 1.99. The van der Waals surface area contributed by atoms with E-state index in [-0.39, 0.29) is 4.92 Å². The highest BCUT2D eigenvalue weighted by Gasteiger charge is 2.12. The van der Waals surface area contributed by atoms with Crippen molar-refractivity contribution >= 4 is 5.69 Å². The van der Waals surface area contributed by atoms with Gasteiger partial charge in [0.15, 0.2) is 0 Å². The maximum Gasteiger partial charge on any atom is 0.214 e. The zero-order valence-electron chi connectivity index (χ0n) is 8.20. The summed E-state index contributed by atoms with van der Waals surface area (Å²) >= 11 is 0. The number of nitrogens with zero attached hydrogens (tertiary/aromatic N) is 4. The highest BCUT2D eigenvalue weighted by atomic mass is 16.6. The van der Waals surface area contributed by atoms with E-state index < -0.39 is 6.04 Å². The van der Waals surface area contributed by atoms with Crippen LogP contribution in [-0.4, -0.2) is 11.0 Å². The fraction of sp³-hybridized carbons (Fsp3) is 0.333. The quantitative estimate of drug-likeness (QED) is 0.249. The van der Waals surface area contributed by atoms with Crippen molar-refractivity contribution in [1.29, 1.82) is 0 Å². The molecular weight excluding hydrogens is 196 g/mol. The van der Waals surface area contributed by atoms with Crippen LogP contribution in [0.2, 0.25) is 0 Å². The van der Waals surface area contributed by atoms with Crippen LogP contribution in [0.5, 0.6) is 0 Å². The molecule has 1 rings (SSSR count). The minimum Gasteiger partial charge on any atom is -0.264 e. The molecule has 1 aromatic rings. The van der Waals surface area contributed by atoms with Crippen LogP contribution in [-0.2, 0) is 6.42 Å². The Morgan fingerprint density at radius 3 is 2.60 bits per heavy atom. The van der Waals surface area contributed by atoms with Crippen LogP contribution in [0.1, 0.15) is 12.5 Å². The van der Waals surface area contributed by atoms with Gasteiger partial charge in [-0.05, 0) is 11.1 Å². The van der Waals surface area contributed by atoms with Crippen molar-refractivity contribution in [1.82, 2.24) is 0 Å². The second-order valence-corrected chi connectivity index (χ2v) is 3.19. The van der Waals surface area contributed by atoms with Gasteiger partial charge in [0.2, 0.25) is 6.04 Å². The van der Waals surface area contributed by atoms with Crippen LogP contribution < -0.4 is 0 Å². The van der Waals surface area contributed by atoms with Crippen LogP contribution in [0.4, 0.5) is 5.69 Å². The van der Waals surface area contributed by atoms with E-state index in [4.69, 9.17) is 5.53 Å². The number of hydrogen-bond acceptors (Lipinski definition) is 3. The number of nitro groups is 1. The Hall–Kier alpha value is -2.07. The first-order valence-electron chi connectivity index (χ1n) is 4.41. The van der Waals surface area contributed by atoms with E-state index in [1.807, 2.05) is 0 Å². The minimum absolute atomic E-state index is 0.318. The summed E-state index contributed by atoms with van der Waals surface area (Å²) in [6.45, 7) is 1.56. The van der Waals surface area contributed by atoms with Crippen molar-refractivity contribution in [2.45, 2.75) is 19.4 Å². The molecule has 0 saturated carbocycles. The van der Waals surface area contributed by atoms with Crippen molar-refractivity contribution < 1.29 is 4.92 Å². The number of azide groups is 1. The number of hydrogen-bond donors (Lipinski definition) is 0. The lowest BCUT2D eigenvalue weighted by atomic mass is 10.1. The molecule has 1 atom stereocenters. The molecule has 1 unspecified atom stereocenters. The zero-order chi connectivity index (χ0) is 11.3. The first kappa shape index (κ1) is 11.0. The third kappa shape index (κ3) is 3.28. The molecule has 6 heteroatoms. The molecule has 1 aromatic carbocycles. The van der Waals surface area contributed by atoms with Crippen LogP contribution in [0.3, 0.4) is 0 Å². The number of rotatable bonds is 4. The number of benzene rings is 1. The van der Waals surface area contributed by atoms with E-state index in [0.717, 1.165) is 5.56 Å². The predicted octanol–water partition coefficient (Wildman–Crippen LogP) is 2.84. The molecule has 0 bridgehead atoms. The second kappa shape index (κ2) is 4.97. The third-order valence-electron chi connectivity index (χ3n) is 1.99. The summed E-state index contributed by atoms with van der Waals surface area (Å²) in [6.07, 6.45) is 0.379. The fourth-order valence-electron chi connectivity index (χ4n) is 1.17. The molecule has 0 spiro atoms. The van der Waals surface area contributed by atoms with Gasteiger partial charge in [-0.1, -0.05) is 29.4 Å². The molecule has 15 heavy (non-hydrogen) atoms. The molecule has 6 nitrogen and oxygen atoms in total. The van der Waals surface area contributed by atoms with Gasteiger partial charge in [-0.3, -0.25) is 10.1 Å². The smallest absolute Gasteiger partial charge is 0.214 e. The Balaban J connectivity index is 2.72. The SMILES string of the molecule is CC(Cc1ccc(N=[N+]=[N-])cc1)[N+](=O)[O-]. The van der Waals surface area contributed by atoms with Gasteiger partial charge in [0, 0.05) is 28.9 Å². The van der Waals surface area contributed by atoms with E-state index >= 15 is 0 Å². The summed E-state index contributed by atoms with van der Waals surface area (Å²) < 4.78 is 0. The summed E-state index contributed by atoms with van der Waals surface area (Å²) in [5.41, 5.74) is 9.54. The molecule has 78 valence electrons. The van der Waals surface area contributed by atoms with Gasteiger partial charge in [0.05, 0.1) is 0 Å². The first-order valence-corrected chi connectivity index (χ1v) is 4.41. The molecule has 0 saturated heterocycles. The lowest BCUT2D eigenvalue weighted by molar-refractivity contribution is -0.517. The van der Waals surface area contributed by atoms with Crippen molar-refractivity contribution in [3.63, 3.8) is 0 Å². The lowest BCUT2D eigenvalue weighted by Crippen LogP contribution is -2.17. The summed E-state index contributed by atoms with van der Waals surface area (Å²) in [4.78, 5) is 12.7. The van der Waals surface area contributed by atoms with E-state index in [1.54, 1.807) is 31.2 Å². The molecule has 0 aliphatic rings. The topological polar surface area (TPSA) is 91.9 Å². The van der Waals surface area contributed by atoms with E-state index in [0.29, 0.717) is 12.1 Å². The maximum atomic E-state index is 10.4. The highest BCUT2D eigenvalue weighted by Crippen LogP contribution is 2.14. The van der Waals surface area contributed by atoms with Gasteiger partial charge in [-0.2, -0.15) is 0 Å². The van der Waals surface area contributed by atoms with Gasteiger partial charge >= 0.3 is 0 Å².